The van der Waals surface area contributed by atoms with E-state index in [1.165, 1.54) is 24.3 Å². The first kappa shape index (κ1) is 17.1. The maximum absolute atomic E-state index is 15.0. The minimum Gasteiger partial charge on any atom is -0.456 e. The number of carbonyl (C=O) groups excluding carboxylic acids is 1. The van der Waals surface area contributed by atoms with E-state index in [1.54, 1.807) is 18.2 Å². The van der Waals surface area contributed by atoms with Crippen molar-refractivity contribution in [2.75, 3.05) is 0 Å². The number of benzene rings is 3. The molecule has 2 aliphatic heterocycles. The standard InChI is InChI=1S/C20H7ClF4O3/c21-9-5-3-7-11-13(9)20(8-4-1-2-6-10(8)27-11)14-12(19(26)28-20)15(22)17(24)18(25)16(14)23/h1-7H. The van der Waals surface area contributed by atoms with Gasteiger partial charge in [0.1, 0.15) is 17.1 Å². The summed E-state index contributed by atoms with van der Waals surface area (Å²) in [6, 6.07) is 10.6. The van der Waals surface area contributed by atoms with Crippen LogP contribution in [0.5, 0.6) is 11.5 Å². The quantitative estimate of drug-likeness (QED) is 0.215. The number of para-hydroxylation sites is 1. The Labute approximate surface area is 160 Å². The molecule has 28 heavy (non-hydrogen) atoms. The van der Waals surface area contributed by atoms with Crippen LogP contribution in [0.25, 0.3) is 0 Å². The summed E-state index contributed by atoms with van der Waals surface area (Å²) in [7, 11) is 0. The lowest BCUT2D eigenvalue weighted by Crippen LogP contribution is -2.34. The van der Waals surface area contributed by atoms with Gasteiger partial charge >= 0.3 is 5.97 Å². The molecule has 2 heterocycles. The van der Waals surface area contributed by atoms with Crippen molar-refractivity contribution in [1.29, 1.82) is 0 Å². The van der Waals surface area contributed by atoms with E-state index in [9.17, 15) is 22.4 Å². The third-order valence-electron chi connectivity index (χ3n) is 4.88. The molecule has 8 heteroatoms. The van der Waals surface area contributed by atoms with Gasteiger partial charge in [0.2, 0.25) is 5.60 Å². The van der Waals surface area contributed by atoms with E-state index in [1.807, 2.05) is 0 Å². The smallest absolute Gasteiger partial charge is 0.343 e. The van der Waals surface area contributed by atoms with Gasteiger partial charge in [-0.05, 0) is 18.2 Å². The summed E-state index contributed by atoms with van der Waals surface area (Å²) < 4.78 is 68.6. The summed E-state index contributed by atoms with van der Waals surface area (Å²) in [6.45, 7) is 0. The fourth-order valence-electron chi connectivity index (χ4n) is 3.79. The summed E-state index contributed by atoms with van der Waals surface area (Å²) in [5.41, 5.74) is -3.83. The zero-order valence-corrected chi connectivity index (χ0v) is 14.4. The number of rotatable bonds is 0. The van der Waals surface area contributed by atoms with Crippen LogP contribution in [-0.2, 0) is 10.3 Å². The Kier molecular flexibility index (Phi) is 3.34. The van der Waals surface area contributed by atoms with Gasteiger partial charge in [0.05, 0.1) is 16.1 Å². The molecule has 0 fully saturated rings. The number of carbonyl (C=O) groups is 1. The molecule has 0 aliphatic carbocycles. The van der Waals surface area contributed by atoms with Gasteiger partial charge in [-0.3, -0.25) is 0 Å². The van der Waals surface area contributed by atoms with Crippen molar-refractivity contribution in [3.05, 3.63) is 93.0 Å². The van der Waals surface area contributed by atoms with Crippen LogP contribution in [0.1, 0.15) is 27.0 Å². The molecular formula is C20H7ClF4O3. The molecule has 3 aromatic rings. The topological polar surface area (TPSA) is 35.5 Å². The maximum atomic E-state index is 15.0. The number of hydrogen-bond donors (Lipinski definition) is 0. The van der Waals surface area contributed by atoms with Crippen LogP contribution in [-0.4, -0.2) is 5.97 Å². The van der Waals surface area contributed by atoms with E-state index in [4.69, 9.17) is 21.1 Å². The Bertz CT molecular complexity index is 1210. The van der Waals surface area contributed by atoms with Gasteiger partial charge in [0.25, 0.3) is 0 Å². The molecule has 140 valence electrons. The highest BCUT2D eigenvalue weighted by Gasteiger charge is 2.58. The van der Waals surface area contributed by atoms with Crippen molar-refractivity contribution in [1.82, 2.24) is 0 Å². The Morgan fingerprint density at radius 2 is 1.46 bits per heavy atom. The molecule has 0 amide bonds. The monoisotopic (exact) mass is 406 g/mol. The predicted octanol–water partition coefficient (Wildman–Crippen LogP) is 5.46. The average Bonchev–Trinajstić information content (AvgIpc) is 2.98. The van der Waals surface area contributed by atoms with Gasteiger partial charge in [-0.15, -0.1) is 0 Å². The lowest BCUT2D eigenvalue weighted by Gasteiger charge is -2.37. The summed E-state index contributed by atoms with van der Waals surface area (Å²) in [5.74, 6) is -8.76. The molecule has 3 aromatic carbocycles. The molecule has 3 nitrogen and oxygen atoms in total. The fraction of sp³-hybridized carbons (Fsp3) is 0.0500. The Hall–Kier alpha value is -3.06. The summed E-state index contributed by atoms with van der Waals surface area (Å²) in [4.78, 5) is 12.5. The molecule has 1 spiro atoms. The molecular weight excluding hydrogens is 400 g/mol. The zero-order chi connectivity index (χ0) is 19.8. The van der Waals surface area contributed by atoms with Crippen LogP contribution in [0.4, 0.5) is 17.6 Å². The van der Waals surface area contributed by atoms with Crippen LogP contribution >= 0.6 is 11.6 Å². The molecule has 5 rings (SSSR count). The van der Waals surface area contributed by atoms with Crippen LogP contribution in [0.15, 0.2) is 42.5 Å². The highest BCUT2D eigenvalue weighted by atomic mass is 35.5. The normalized spacial score (nSPS) is 19.0. The van der Waals surface area contributed by atoms with Crippen molar-refractivity contribution in [2.24, 2.45) is 0 Å². The molecule has 1 unspecified atom stereocenters. The summed E-state index contributed by atoms with van der Waals surface area (Å²) in [5, 5.41) is 0.0113. The van der Waals surface area contributed by atoms with E-state index in [0.29, 0.717) is 0 Å². The molecule has 2 aliphatic rings. The average molecular weight is 407 g/mol. The summed E-state index contributed by atoms with van der Waals surface area (Å²) in [6.07, 6.45) is 0. The van der Waals surface area contributed by atoms with Gasteiger partial charge in [-0.1, -0.05) is 35.9 Å². The van der Waals surface area contributed by atoms with E-state index in [-0.39, 0.29) is 27.6 Å². The SMILES string of the molecule is O=C1OC2(c3ccccc3Oc3cccc(Cl)c32)c2c(F)c(F)c(F)c(F)c21. The third-order valence-corrected chi connectivity index (χ3v) is 5.20. The Morgan fingerprint density at radius 3 is 2.25 bits per heavy atom. The van der Waals surface area contributed by atoms with Crippen molar-refractivity contribution < 1.29 is 31.8 Å². The Morgan fingerprint density at radius 1 is 0.786 bits per heavy atom. The summed E-state index contributed by atoms with van der Waals surface area (Å²) >= 11 is 6.30. The second kappa shape index (κ2) is 5.48. The second-order valence-electron chi connectivity index (χ2n) is 6.29. The maximum Gasteiger partial charge on any atom is 0.343 e. The van der Waals surface area contributed by atoms with E-state index in [0.717, 1.165) is 0 Å². The first-order valence-corrected chi connectivity index (χ1v) is 8.41. The van der Waals surface area contributed by atoms with Gasteiger partial charge < -0.3 is 9.47 Å². The highest BCUT2D eigenvalue weighted by Crippen LogP contribution is 2.58. The van der Waals surface area contributed by atoms with Gasteiger partial charge in [-0.25, -0.2) is 22.4 Å². The minimum absolute atomic E-state index is 0.00762. The molecule has 0 bridgehead atoms. The molecule has 0 saturated heterocycles. The van der Waals surface area contributed by atoms with Crippen LogP contribution in [0, 0.1) is 23.3 Å². The van der Waals surface area contributed by atoms with Gasteiger partial charge in [-0.2, -0.15) is 0 Å². The van der Waals surface area contributed by atoms with E-state index in [2.05, 4.69) is 0 Å². The Balaban J connectivity index is 2.01. The minimum atomic E-state index is -2.13. The molecule has 0 N–H and O–H groups in total. The van der Waals surface area contributed by atoms with Crippen LogP contribution in [0.3, 0.4) is 0 Å². The lowest BCUT2D eigenvalue weighted by molar-refractivity contribution is 0.0215. The third kappa shape index (κ3) is 1.87. The first-order valence-electron chi connectivity index (χ1n) is 8.04. The first-order chi connectivity index (χ1) is 13.4. The molecule has 0 saturated carbocycles. The van der Waals surface area contributed by atoms with E-state index < -0.39 is 46.0 Å². The predicted molar refractivity (Wildman–Crippen MR) is 89.5 cm³/mol. The molecule has 0 aromatic heterocycles. The zero-order valence-electron chi connectivity index (χ0n) is 13.7. The van der Waals surface area contributed by atoms with Gasteiger partial charge in [0.15, 0.2) is 23.3 Å². The number of ether oxygens (including phenoxy) is 2. The number of hydrogen-bond acceptors (Lipinski definition) is 3. The number of esters is 1. The number of halogens is 5. The van der Waals surface area contributed by atoms with Crippen molar-refractivity contribution >= 4 is 17.6 Å². The van der Waals surface area contributed by atoms with E-state index >= 15 is 0 Å². The van der Waals surface area contributed by atoms with Crippen LogP contribution in [0.2, 0.25) is 5.02 Å². The van der Waals surface area contributed by atoms with Crippen molar-refractivity contribution in [3.8, 4) is 11.5 Å². The lowest BCUT2D eigenvalue weighted by atomic mass is 9.77. The fourth-order valence-corrected chi connectivity index (χ4v) is 4.09. The number of fused-ring (bicyclic) bond motifs is 6. The molecule has 0 radical (unpaired) electrons. The van der Waals surface area contributed by atoms with Crippen LogP contribution < -0.4 is 4.74 Å². The molecule has 1 atom stereocenters. The highest BCUT2D eigenvalue weighted by molar-refractivity contribution is 6.32. The van der Waals surface area contributed by atoms with Crippen molar-refractivity contribution in [3.63, 3.8) is 0 Å². The largest absolute Gasteiger partial charge is 0.456 e. The van der Waals surface area contributed by atoms with Crippen molar-refractivity contribution in [2.45, 2.75) is 5.60 Å². The second-order valence-corrected chi connectivity index (χ2v) is 6.70. The van der Waals surface area contributed by atoms with Gasteiger partial charge in [0, 0.05) is 5.56 Å².